The van der Waals surface area contributed by atoms with Gasteiger partial charge in [0.05, 0.1) is 12.2 Å². The van der Waals surface area contributed by atoms with Crippen LogP contribution in [0.1, 0.15) is 54.7 Å². The molecule has 0 saturated carbocycles. The first-order valence-corrected chi connectivity index (χ1v) is 10.3. The summed E-state index contributed by atoms with van der Waals surface area (Å²) in [5.41, 5.74) is 2.18. The number of nitrogens with zero attached hydrogens (tertiary/aromatic N) is 3. The van der Waals surface area contributed by atoms with Crippen LogP contribution in [0.3, 0.4) is 0 Å². The minimum Gasteiger partial charge on any atom is -0.361 e. The standard InChI is InChI=1S/C22H27F2N3O2/c1-15-19(16(2)29-25-15)14-27-21(28)6-8-22(27)7-3-10-26(11-9-22)13-17-4-5-18(23)12-20(17)24/h4-5,12H,3,6-11,13-14H2,1-2H3/t22-/m1/s1. The molecule has 2 fully saturated rings. The van der Waals surface area contributed by atoms with Gasteiger partial charge in [-0.15, -0.1) is 0 Å². The second-order valence-corrected chi connectivity index (χ2v) is 8.37. The van der Waals surface area contributed by atoms with Crippen LogP contribution in [0.2, 0.25) is 0 Å². The first kappa shape index (κ1) is 20.0. The van der Waals surface area contributed by atoms with E-state index in [4.69, 9.17) is 4.52 Å². The van der Waals surface area contributed by atoms with Crippen molar-refractivity contribution < 1.29 is 18.1 Å². The average Bonchev–Trinajstić information content (AvgIpc) is 3.06. The van der Waals surface area contributed by atoms with E-state index < -0.39 is 11.6 Å². The zero-order valence-corrected chi connectivity index (χ0v) is 17.0. The molecule has 1 aromatic carbocycles. The maximum absolute atomic E-state index is 14.1. The van der Waals surface area contributed by atoms with Gasteiger partial charge in [0.2, 0.25) is 5.91 Å². The predicted molar refractivity (Wildman–Crippen MR) is 104 cm³/mol. The van der Waals surface area contributed by atoms with Crippen molar-refractivity contribution in [1.82, 2.24) is 15.0 Å². The van der Waals surface area contributed by atoms with E-state index in [-0.39, 0.29) is 11.4 Å². The molecule has 5 nitrogen and oxygen atoms in total. The molecule has 2 aliphatic heterocycles. The fourth-order valence-electron chi connectivity index (χ4n) is 4.82. The van der Waals surface area contributed by atoms with Gasteiger partial charge in [-0.1, -0.05) is 11.2 Å². The van der Waals surface area contributed by atoms with Crippen molar-refractivity contribution in [2.45, 2.75) is 64.6 Å². The third-order valence-electron chi connectivity index (χ3n) is 6.59. The lowest BCUT2D eigenvalue weighted by atomic mass is 9.87. The minimum atomic E-state index is -0.555. The van der Waals surface area contributed by atoms with Gasteiger partial charge in [-0.3, -0.25) is 9.69 Å². The molecule has 0 radical (unpaired) electrons. The molecule has 7 heteroatoms. The summed E-state index contributed by atoms with van der Waals surface area (Å²) in [6, 6.07) is 3.77. The SMILES string of the molecule is Cc1noc(C)c1CN1C(=O)CC[C@@]12CCCN(Cc1ccc(F)cc1F)CC2. The molecule has 1 spiro atoms. The second-order valence-electron chi connectivity index (χ2n) is 8.37. The van der Waals surface area contributed by atoms with E-state index in [0.29, 0.717) is 25.1 Å². The summed E-state index contributed by atoms with van der Waals surface area (Å²) in [6.07, 6.45) is 4.15. The molecule has 156 valence electrons. The van der Waals surface area contributed by atoms with Gasteiger partial charge in [0.1, 0.15) is 17.4 Å². The Labute approximate surface area is 169 Å². The number of hydrogen-bond acceptors (Lipinski definition) is 4. The molecule has 29 heavy (non-hydrogen) atoms. The van der Waals surface area contributed by atoms with Gasteiger partial charge in [-0.05, 0) is 52.1 Å². The third kappa shape index (κ3) is 3.92. The number of rotatable bonds is 4. The highest BCUT2D eigenvalue weighted by Gasteiger charge is 2.46. The zero-order valence-electron chi connectivity index (χ0n) is 17.0. The number of carbonyl (C=O) groups is 1. The van der Waals surface area contributed by atoms with Crippen LogP contribution in [-0.4, -0.2) is 39.5 Å². The van der Waals surface area contributed by atoms with Gasteiger partial charge >= 0.3 is 0 Å². The number of halogens is 2. The Kier molecular flexibility index (Phi) is 5.42. The molecule has 3 heterocycles. The van der Waals surface area contributed by atoms with E-state index in [1.54, 1.807) is 0 Å². The van der Waals surface area contributed by atoms with E-state index in [0.717, 1.165) is 61.9 Å². The van der Waals surface area contributed by atoms with Gasteiger partial charge in [-0.25, -0.2) is 8.78 Å². The molecule has 0 unspecified atom stereocenters. The minimum absolute atomic E-state index is 0.163. The smallest absolute Gasteiger partial charge is 0.223 e. The van der Waals surface area contributed by atoms with Crippen molar-refractivity contribution in [3.05, 3.63) is 52.4 Å². The monoisotopic (exact) mass is 403 g/mol. The predicted octanol–water partition coefficient (Wildman–Crippen LogP) is 4.12. The lowest BCUT2D eigenvalue weighted by Crippen LogP contribution is -2.46. The number of benzene rings is 1. The Morgan fingerprint density at radius 1 is 1.14 bits per heavy atom. The molecular formula is C22H27F2N3O2. The molecule has 1 atom stereocenters. The summed E-state index contributed by atoms with van der Waals surface area (Å²) in [4.78, 5) is 17.0. The fraction of sp³-hybridized carbons (Fsp3) is 0.545. The molecule has 0 bridgehead atoms. The highest BCUT2D eigenvalue weighted by molar-refractivity contribution is 5.79. The normalized spacial score (nSPS) is 23.2. The lowest BCUT2D eigenvalue weighted by molar-refractivity contribution is -0.132. The van der Waals surface area contributed by atoms with Crippen LogP contribution < -0.4 is 0 Å². The molecule has 1 aromatic heterocycles. The van der Waals surface area contributed by atoms with Crippen LogP contribution in [0.25, 0.3) is 0 Å². The van der Waals surface area contributed by atoms with Crippen molar-refractivity contribution in [3.8, 4) is 0 Å². The Morgan fingerprint density at radius 3 is 2.69 bits per heavy atom. The third-order valence-corrected chi connectivity index (χ3v) is 6.59. The first-order chi connectivity index (χ1) is 13.9. The molecular weight excluding hydrogens is 376 g/mol. The van der Waals surface area contributed by atoms with E-state index in [9.17, 15) is 13.6 Å². The van der Waals surface area contributed by atoms with Crippen LogP contribution >= 0.6 is 0 Å². The summed E-state index contributed by atoms with van der Waals surface area (Å²) in [5, 5.41) is 4.03. The van der Waals surface area contributed by atoms with Gasteiger partial charge in [0, 0.05) is 42.2 Å². The summed E-state index contributed by atoms with van der Waals surface area (Å²) >= 11 is 0. The molecule has 2 saturated heterocycles. The van der Waals surface area contributed by atoms with Crippen molar-refractivity contribution in [1.29, 1.82) is 0 Å². The molecule has 2 aromatic rings. The Balaban J connectivity index is 1.49. The van der Waals surface area contributed by atoms with E-state index in [1.807, 2.05) is 18.7 Å². The van der Waals surface area contributed by atoms with Gasteiger partial charge < -0.3 is 9.42 Å². The van der Waals surface area contributed by atoms with E-state index >= 15 is 0 Å². The largest absolute Gasteiger partial charge is 0.361 e. The lowest BCUT2D eigenvalue weighted by Gasteiger charge is -2.38. The van der Waals surface area contributed by atoms with Gasteiger partial charge in [0.15, 0.2) is 0 Å². The number of hydrogen-bond donors (Lipinski definition) is 0. The maximum Gasteiger partial charge on any atom is 0.223 e. The van der Waals surface area contributed by atoms with Crippen molar-refractivity contribution in [2.75, 3.05) is 13.1 Å². The van der Waals surface area contributed by atoms with Crippen LogP contribution in [0.5, 0.6) is 0 Å². The number of amides is 1. The van der Waals surface area contributed by atoms with Crippen LogP contribution in [0.15, 0.2) is 22.7 Å². The highest BCUT2D eigenvalue weighted by atomic mass is 19.1. The summed E-state index contributed by atoms with van der Waals surface area (Å²) in [7, 11) is 0. The van der Waals surface area contributed by atoms with Crippen LogP contribution in [0.4, 0.5) is 8.78 Å². The summed E-state index contributed by atoms with van der Waals surface area (Å²) < 4.78 is 32.5. The Hall–Kier alpha value is -2.28. The summed E-state index contributed by atoms with van der Waals surface area (Å²) in [5.74, 6) is -0.108. The average molecular weight is 403 g/mol. The number of likely N-dealkylation sites (tertiary alicyclic amines) is 2. The van der Waals surface area contributed by atoms with E-state index in [2.05, 4.69) is 10.1 Å². The summed E-state index contributed by atoms with van der Waals surface area (Å²) in [6.45, 7) is 6.40. The van der Waals surface area contributed by atoms with Crippen molar-refractivity contribution in [2.24, 2.45) is 0 Å². The van der Waals surface area contributed by atoms with Gasteiger partial charge in [0.25, 0.3) is 0 Å². The second kappa shape index (κ2) is 7.86. The highest BCUT2D eigenvalue weighted by Crippen LogP contribution is 2.40. The maximum atomic E-state index is 14.1. The van der Waals surface area contributed by atoms with Crippen LogP contribution in [-0.2, 0) is 17.9 Å². The fourth-order valence-corrected chi connectivity index (χ4v) is 4.82. The first-order valence-electron chi connectivity index (χ1n) is 10.3. The van der Waals surface area contributed by atoms with Crippen molar-refractivity contribution in [3.63, 3.8) is 0 Å². The molecule has 4 rings (SSSR count). The van der Waals surface area contributed by atoms with E-state index in [1.165, 1.54) is 12.1 Å². The Bertz CT molecular complexity index is 894. The topological polar surface area (TPSA) is 49.6 Å². The molecule has 1 amide bonds. The number of aryl methyl sites for hydroxylation is 2. The van der Waals surface area contributed by atoms with Crippen molar-refractivity contribution >= 4 is 5.91 Å². The molecule has 0 aliphatic carbocycles. The number of aromatic nitrogens is 1. The molecule has 2 aliphatic rings. The quantitative estimate of drug-likeness (QED) is 0.771. The Morgan fingerprint density at radius 2 is 1.97 bits per heavy atom. The van der Waals surface area contributed by atoms with Gasteiger partial charge in [-0.2, -0.15) is 0 Å². The molecule has 0 N–H and O–H groups in total. The zero-order chi connectivity index (χ0) is 20.6. The van der Waals surface area contributed by atoms with Crippen LogP contribution in [0, 0.1) is 25.5 Å². The number of carbonyl (C=O) groups excluding carboxylic acids is 1.